The number of pyridine rings is 1. The van der Waals surface area contributed by atoms with Crippen molar-refractivity contribution in [2.45, 2.75) is 12.5 Å². The highest BCUT2D eigenvalue weighted by molar-refractivity contribution is 5.69. The minimum absolute atomic E-state index is 0.0255. The minimum atomic E-state index is 0.0255. The molecule has 0 radical (unpaired) electrons. The number of hydrogen-bond donors (Lipinski definition) is 2. The molecule has 24 heavy (non-hydrogen) atoms. The Labute approximate surface area is 139 Å². The van der Waals surface area contributed by atoms with E-state index in [9.17, 15) is 0 Å². The normalized spacial score (nSPS) is 12.2. The molecule has 0 bridgehead atoms. The number of fused-ring (bicyclic) bond motifs is 1. The second-order valence-electron chi connectivity index (χ2n) is 5.47. The molecule has 0 aliphatic rings. The van der Waals surface area contributed by atoms with Gasteiger partial charge in [-0.2, -0.15) is 4.98 Å². The lowest BCUT2D eigenvalue weighted by Gasteiger charge is -2.19. The number of imidazole rings is 1. The highest BCUT2D eigenvalue weighted by Gasteiger charge is 2.14. The molecule has 4 rings (SSSR count). The number of nitrogens with zero attached hydrogens (tertiary/aromatic N) is 4. The van der Waals surface area contributed by atoms with Gasteiger partial charge in [0, 0.05) is 18.3 Å². The first-order valence-electron chi connectivity index (χ1n) is 7.76. The molecular weight excluding hydrogens is 300 g/mol. The Hall–Kier alpha value is -3.28. The van der Waals surface area contributed by atoms with Crippen molar-refractivity contribution in [3.8, 4) is 0 Å². The lowest BCUT2D eigenvalue weighted by molar-refractivity contribution is 0.746. The van der Waals surface area contributed by atoms with Crippen LogP contribution in [0.1, 0.15) is 17.3 Å². The SMILES string of the molecule is c1ccc(C(Cc2ccccn2)Nc2ncc3[nH]cnc3n2)cc1. The van der Waals surface area contributed by atoms with Crippen LogP contribution in [0.15, 0.2) is 67.3 Å². The van der Waals surface area contributed by atoms with Crippen molar-refractivity contribution in [3.63, 3.8) is 0 Å². The topological polar surface area (TPSA) is 79.4 Å². The van der Waals surface area contributed by atoms with Crippen molar-refractivity contribution in [3.05, 3.63) is 78.5 Å². The quantitative estimate of drug-likeness (QED) is 0.591. The average molecular weight is 316 g/mol. The first-order chi connectivity index (χ1) is 11.9. The molecule has 6 heteroatoms. The summed E-state index contributed by atoms with van der Waals surface area (Å²) in [6.07, 6.45) is 5.91. The number of H-pyrrole nitrogens is 1. The van der Waals surface area contributed by atoms with Crippen LogP contribution in [-0.4, -0.2) is 24.9 Å². The van der Waals surface area contributed by atoms with Crippen LogP contribution in [0.25, 0.3) is 11.2 Å². The molecular formula is C18H16N6. The van der Waals surface area contributed by atoms with E-state index in [1.54, 1.807) is 12.5 Å². The van der Waals surface area contributed by atoms with Gasteiger partial charge in [0.05, 0.1) is 18.6 Å². The fourth-order valence-corrected chi connectivity index (χ4v) is 2.63. The average Bonchev–Trinajstić information content (AvgIpc) is 3.11. The summed E-state index contributed by atoms with van der Waals surface area (Å²) >= 11 is 0. The van der Waals surface area contributed by atoms with E-state index in [2.05, 4.69) is 42.4 Å². The maximum absolute atomic E-state index is 4.46. The van der Waals surface area contributed by atoms with Gasteiger partial charge in [-0.3, -0.25) is 4.98 Å². The molecule has 6 nitrogen and oxygen atoms in total. The van der Waals surface area contributed by atoms with E-state index in [4.69, 9.17) is 0 Å². The van der Waals surface area contributed by atoms with Gasteiger partial charge in [-0.05, 0) is 17.7 Å². The zero-order valence-electron chi connectivity index (χ0n) is 12.9. The van der Waals surface area contributed by atoms with Crippen molar-refractivity contribution in [1.82, 2.24) is 24.9 Å². The largest absolute Gasteiger partial charge is 0.347 e. The maximum atomic E-state index is 4.46. The van der Waals surface area contributed by atoms with E-state index < -0.39 is 0 Å². The first kappa shape index (κ1) is 14.3. The molecule has 3 heterocycles. The summed E-state index contributed by atoms with van der Waals surface area (Å²) in [6.45, 7) is 0. The summed E-state index contributed by atoms with van der Waals surface area (Å²) in [4.78, 5) is 20.4. The van der Waals surface area contributed by atoms with Gasteiger partial charge in [-0.1, -0.05) is 36.4 Å². The molecule has 0 saturated carbocycles. The Bertz CT molecular complexity index is 920. The maximum Gasteiger partial charge on any atom is 0.225 e. The second kappa shape index (κ2) is 6.45. The zero-order valence-corrected chi connectivity index (χ0v) is 12.9. The van der Waals surface area contributed by atoms with Crippen LogP contribution in [0.3, 0.4) is 0 Å². The van der Waals surface area contributed by atoms with Crippen LogP contribution in [0.2, 0.25) is 0 Å². The van der Waals surface area contributed by atoms with E-state index in [0.717, 1.165) is 23.2 Å². The predicted molar refractivity (Wildman–Crippen MR) is 92.4 cm³/mol. The predicted octanol–water partition coefficient (Wildman–Crippen LogP) is 3.14. The highest BCUT2D eigenvalue weighted by Crippen LogP contribution is 2.21. The third-order valence-electron chi connectivity index (χ3n) is 3.82. The Morgan fingerprint density at radius 3 is 2.67 bits per heavy atom. The number of hydrogen-bond acceptors (Lipinski definition) is 5. The van der Waals surface area contributed by atoms with E-state index in [0.29, 0.717) is 11.6 Å². The molecule has 0 aliphatic carbocycles. The highest BCUT2D eigenvalue weighted by atomic mass is 15.1. The molecule has 0 aliphatic heterocycles. The number of aromatic nitrogens is 5. The van der Waals surface area contributed by atoms with Gasteiger partial charge in [0.15, 0.2) is 5.65 Å². The van der Waals surface area contributed by atoms with Gasteiger partial charge in [0.1, 0.15) is 5.52 Å². The summed E-state index contributed by atoms with van der Waals surface area (Å²) in [6, 6.07) is 16.2. The summed E-state index contributed by atoms with van der Waals surface area (Å²) in [5.74, 6) is 0.555. The van der Waals surface area contributed by atoms with Crippen LogP contribution < -0.4 is 5.32 Å². The molecule has 0 saturated heterocycles. The molecule has 3 aromatic heterocycles. The van der Waals surface area contributed by atoms with E-state index >= 15 is 0 Å². The Morgan fingerprint density at radius 2 is 1.83 bits per heavy atom. The van der Waals surface area contributed by atoms with E-state index in [-0.39, 0.29) is 6.04 Å². The fraction of sp³-hybridized carbons (Fsp3) is 0.111. The molecule has 1 atom stereocenters. The third kappa shape index (κ3) is 3.08. The fourth-order valence-electron chi connectivity index (χ4n) is 2.63. The van der Waals surface area contributed by atoms with Gasteiger partial charge in [0.25, 0.3) is 0 Å². The summed E-state index contributed by atoms with van der Waals surface area (Å²) < 4.78 is 0. The smallest absolute Gasteiger partial charge is 0.225 e. The second-order valence-corrected chi connectivity index (χ2v) is 5.47. The summed E-state index contributed by atoms with van der Waals surface area (Å²) in [5.41, 5.74) is 3.65. The summed E-state index contributed by atoms with van der Waals surface area (Å²) in [7, 11) is 0. The van der Waals surface area contributed by atoms with Gasteiger partial charge >= 0.3 is 0 Å². The van der Waals surface area contributed by atoms with E-state index in [1.165, 1.54) is 0 Å². The zero-order chi connectivity index (χ0) is 16.2. The molecule has 4 aromatic rings. The third-order valence-corrected chi connectivity index (χ3v) is 3.82. The van der Waals surface area contributed by atoms with Crippen LogP contribution >= 0.6 is 0 Å². The first-order valence-corrected chi connectivity index (χ1v) is 7.76. The van der Waals surface area contributed by atoms with Gasteiger partial charge in [-0.25, -0.2) is 9.97 Å². The number of nitrogens with one attached hydrogen (secondary N) is 2. The van der Waals surface area contributed by atoms with E-state index in [1.807, 2.05) is 42.6 Å². The van der Waals surface area contributed by atoms with Crippen molar-refractivity contribution in [1.29, 1.82) is 0 Å². The lowest BCUT2D eigenvalue weighted by atomic mass is 10.0. The van der Waals surface area contributed by atoms with Gasteiger partial charge in [0.2, 0.25) is 5.95 Å². The molecule has 0 amide bonds. The van der Waals surface area contributed by atoms with Crippen molar-refractivity contribution < 1.29 is 0 Å². The Balaban J connectivity index is 1.64. The van der Waals surface area contributed by atoms with Crippen molar-refractivity contribution in [2.75, 3.05) is 5.32 Å². The molecule has 0 fully saturated rings. The minimum Gasteiger partial charge on any atom is -0.347 e. The summed E-state index contributed by atoms with van der Waals surface area (Å²) in [5, 5.41) is 3.41. The number of benzene rings is 1. The molecule has 0 spiro atoms. The number of anilines is 1. The van der Waals surface area contributed by atoms with Crippen LogP contribution in [0.4, 0.5) is 5.95 Å². The monoisotopic (exact) mass is 316 g/mol. The standard InChI is InChI=1S/C18H16N6/c1-2-6-13(7-3-1)15(10-14-8-4-5-9-19-14)23-18-20-11-16-17(24-18)22-12-21-16/h1-9,11-12,15H,10H2,(H2,20,21,22,23,24). The molecule has 1 unspecified atom stereocenters. The van der Waals surface area contributed by atoms with Crippen molar-refractivity contribution in [2.24, 2.45) is 0 Å². The number of aromatic amines is 1. The van der Waals surface area contributed by atoms with Gasteiger partial charge < -0.3 is 10.3 Å². The Morgan fingerprint density at radius 1 is 0.958 bits per heavy atom. The van der Waals surface area contributed by atoms with Crippen LogP contribution in [-0.2, 0) is 6.42 Å². The number of rotatable bonds is 5. The van der Waals surface area contributed by atoms with Crippen molar-refractivity contribution >= 4 is 17.1 Å². The molecule has 2 N–H and O–H groups in total. The Kier molecular flexibility index (Phi) is 3.85. The lowest BCUT2D eigenvalue weighted by Crippen LogP contribution is -2.16. The molecule has 118 valence electrons. The molecule has 1 aromatic carbocycles. The van der Waals surface area contributed by atoms with Crippen LogP contribution in [0, 0.1) is 0 Å². The van der Waals surface area contributed by atoms with Crippen LogP contribution in [0.5, 0.6) is 0 Å². The van der Waals surface area contributed by atoms with Gasteiger partial charge in [-0.15, -0.1) is 0 Å².